The molecule has 5 nitrogen and oxygen atoms in total. The molecule has 1 atom stereocenters. The highest BCUT2D eigenvalue weighted by atomic mass is 32.1. The van der Waals surface area contributed by atoms with Crippen molar-refractivity contribution < 1.29 is 4.79 Å². The first-order valence-corrected chi connectivity index (χ1v) is 12.1. The summed E-state index contributed by atoms with van der Waals surface area (Å²) in [7, 11) is 0. The van der Waals surface area contributed by atoms with Gasteiger partial charge in [0.2, 0.25) is 0 Å². The smallest absolute Gasteiger partial charge is 0.271 e. The second-order valence-corrected chi connectivity index (χ2v) is 9.11. The quantitative estimate of drug-likeness (QED) is 0.459. The van der Waals surface area contributed by atoms with E-state index < -0.39 is 6.04 Å². The zero-order valence-corrected chi connectivity index (χ0v) is 19.9. The predicted octanol–water partition coefficient (Wildman–Crippen LogP) is 4.54. The summed E-state index contributed by atoms with van der Waals surface area (Å²) in [5.41, 5.74) is 3.48. The van der Waals surface area contributed by atoms with Gasteiger partial charge in [-0.2, -0.15) is 0 Å². The van der Waals surface area contributed by atoms with Gasteiger partial charge in [-0.3, -0.25) is 14.2 Å². The Bertz CT molecular complexity index is 1600. The first kappa shape index (κ1) is 22.5. The van der Waals surface area contributed by atoms with Gasteiger partial charge in [0.05, 0.1) is 21.8 Å². The molecule has 172 valence electrons. The minimum atomic E-state index is -0.573. The van der Waals surface area contributed by atoms with Gasteiger partial charge in [-0.05, 0) is 36.3 Å². The van der Waals surface area contributed by atoms with E-state index in [0.717, 1.165) is 11.1 Å². The highest BCUT2D eigenvalue weighted by Crippen LogP contribution is 2.30. The lowest BCUT2D eigenvalue weighted by atomic mass is 9.95. The third-order valence-electron chi connectivity index (χ3n) is 5.75. The van der Waals surface area contributed by atoms with E-state index in [9.17, 15) is 9.59 Å². The summed E-state index contributed by atoms with van der Waals surface area (Å²) in [5, 5.41) is 2.96. The molecule has 35 heavy (non-hydrogen) atoms. The van der Waals surface area contributed by atoms with Gasteiger partial charge in [-0.25, -0.2) is 4.99 Å². The lowest BCUT2D eigenvalue weighted by Gasteiger charge is -2.25. The number of benzene rings is 3. The first-order valence-electron chi connectivity index (χ1n) is 11.3. The van der Waals surface area contributed by atoms with Crippen LogP contribution < -0.4 is 20.2 Å². The van der Waals surface area contributed by atoms with Crippen LogP contribution in [0.25, 0.3) is 12.2 Å². The normalized spacial score (nSPS) is 15.7. The molecule has 0 spiro atoms. The summed E-state index contributed by atoms with van der Waals surface area (Å²) >= 11 is 1.33. The Kier molecular flexibility index (Phi) is 6.37. The average molecular weight is 478 g/mol. The zero-order valence-electron chi connectivity index (χ0n) is 19.1. The SMILES string of the molecule is CC1=C(C(=O)Nc2ccccc2)[C@H](c2ccccc2)n2c(sc(=C/C=C\c3ccccc3)c2=O)=N1. The minimum absolute atomic E-state index is 0.169. The summed E-state index contributed by atoms with van der Waals surface area (Å²) in [6.07, 6.45) is 5.63. The average Bonchev–Trinajstić information content (AvgIpc) is 3.19. The Balaban J connectivity index is 1.60. The molecule has 0 saturated heterocycles. The molecule has 0 unspecified atom stereocenters. The van der Waals surface area contributed by atoms with E-state index in [1.54, 1.807) is 4.57 Å². The van der Waals surface area contributed by atoms with Crippen LogP contribution in [0.1, 0.15) is 24.1 Å². The van der Waals surface area contributed by atoms with Gasteiger partial charge in [0.25, 0.3) is 11.5 Å². The van der Waals surface area contributed by atoms with Gasteiger partial charge in [-0.1, -0.05) is 102 Å². The van der Waals surface area contributed by atoms with Crippen molar-refractivity contribution in [1.82, 2.24) is 4.57 Å². The van der Waals surface area contributed by atoms with Crippen molar-refractivity contribution in [2.45, 2.75) is 13.0 Å². The van der Waals surface area contributed by atoms with Crippen molar-refractivity contribution in [1.29, 1.82) is 0 Å². The van der Waals surface area contributed by atoms with E-state index in [-0.39, 0.29) is 11.5 Å². The Hall–Kier alpha value is -4.29. The molecule has 1 aromatic heterocycles. The number of nitrogens with one attached hydrogen (secondary N) is 1. The molecule has 4 aromatic rings. The topological polar surface area (TPSA) is 63.5 Å². The Morgan fingerprint density at radius 1 is 0.943 bits per heavy atom. The fourth-order valence-electron chi connectivity index (χ4n) is 4.11. The second-order valence-electron chi connectivity index (χ2n) is 8.10. The molecule has 0 aliphatic carbocycles. The van der Waals surface area contributed by atoms with Gasteiger partial charge in [-0.15, -0.1) is 0 Å². The second kappa shape index (κ2) is 9.91. The fraction of sp³-hybridized carbons (Fsp3) is 0.0690. The molecular weight excluding hydrogens is 454 g/mol. The molecule has 1 aliphatic heterocycles. The number of fused-ring (bicyclic) bond motifs is 1. The number of hydrogen-bond acceptors (Lipinski definition) is 4. The molecule has 0 bridgehead atoms. The molecule has 5 rings (SSSR count). The predicted molar refractivity (Wildman–Crippen MR) is 142 cm³/mol. The standard InChI is InChI=1S/C29H23N3O2S/c1-20-25(27(33)31-23-17-9-4-10-18-23)26(22-15-7-3-8-16-22)32-28(34)24(35-29(32)30-20)19-11-14-21-12-5-2-6-13-21/h2-19,26H,1H3,(H,31,33)/b14-11-,24-19?/t26-/m0/s1. The number of allylic oxidation sites excluding steroid dienone is 2. The third-order valence-corrected chi connectivity index (χ3v) is 6.75. The van der Waals surface area contributed by atoms with E-state index in [1.807, 2.05) is 116 Å². The Morgan fingerprint density at radius 2 is 1.57 bits per heavy atom. The summed E-state index contributed by atoms with van der Waals surface area (Å²) in [4.78, 5) is 32.3. The van der Waals surface area contributed by atoms with Crippen molar-refractivity contribution >= 4 is 35.1 Å². The maximum atomic E-state index is 13.6. The lowest BCUT2D eigenvalue weighted by molar-refractivity contribution is -0.113. The van der Waals surface area contributed by atoms with E-state index in [4.69, 9.17) is 0 Å². The number of nitrogens with zero attached hydrogens (tertiary/aromatic N) is 2. The number of rotatable bonds is 5. The van der Waals surface area contributed by atoms with Crippen molar-refractivity contribution in [2.24, 2.45) is 4.99 Å². The van der Waals surface area contributed by atoms with Crippen LogP contribution in [0, 0.1) is 0 Å². The van der Waals surface area contributed by atoms with Gasteiger partial charge >= 0.3 is 0 Å². The molecule has 1 amide bonds. The largest absolute Gasteiger partial charge is 0.322 e. The summed E-state index contributed by atoms with van der Waals surface area (Å²) in [6, 6.07) is 28.2. The van der Waals surface area contributed by atoms with E-state index in [2.05, 4.69) is 10.3 Å². The van der Waals surface area contributed by atoms with Crippen LogP contribution in [0.3, 0.4) is 0 Å². The van der Waals surface area contributed by atoms with Crippen molar-refractivity contribution in [3.05, 3.63) is 139 Å². The van der Waals surface area contributed by atoms with Crippen LogP contribution in [0.5, 0.6) is 0 Å². The molecule has 0 saturated carbocycles. The number of aromatic nitrogens is 1. The maximum Gasteiger partial charge on any atom is 0.271 e. The summed E-state index contributed by atoms with van der Waals surface area (Å²) < 4.78 is 2.20. The maximum absolute atomic E-state index is 13.6. The summed E-state index contributed by atoms with van der Waals surface area (Å²) in [6.45, 7) is 1.82. The highest BCUT2D eigenvalue weighted by molar-refractivity contribution is 7.07. The monoisotopic (exact) mass is 477 g/mol. The van der Waals surface area contributed by atoms with Crippen LogP contribution in [0.4, 0.5) is 5.69 Å². The van der Waals surface area contributed by atoms with Gasteiger partial charge in [0, 0.05) is 5.69 Å². The molecule has 1 aliphatic rings. The minimum Gasteiger partial charge on any atom is -0.322 e. The van der Waals surface area contributed by atoms with E-state index in [0.29, 0.717) is 26.3 Å². The van der Waals surface area contributed by atoms with Crippen molar-refractivity contribution in [3.63, 3.8) is 0 Å². The molecule has 6 heteroatoms. The van der Waals surface area contributed by atoms with Gasteiger partial charge < -0.3 is 5.32 Å². The number of anilines is 1. The van der Waals surface area contributed by atoms with Crippen LogP contribution >= 0.6 is 11.3 Å². The van der Waals surface area contributed by atoms with Gasteiger partial charge in [0.1, 0.15) is 0 Å². The van der Waals surface area contributed by atoms with Crippen LogP contribution in [0.2, 0.25) is 0 Å². The Labute approximate surface area is 206 Å². The zero-order chi connectivity index (χ0) is 24.2. The summed E-state index contributed by atoms with van der Waals surface area (Å²) in [5.74, 6) is -0.274. The van der Waals surface area contributed by atoms with Crippen molar-refractivity contribution in [2.75, 3.05) is 5.32 Å². The van der Waals surface area contributed by atoms with Crippen molar-refractivity contribution in [3.8, 4) is 0 Å². The number of carbonyl (C=O) groups is 1. The third kappa shape index (κ3) is 4.69. The van der Waals surface area contributed by atoms with E-state index >= 15 is 0 Å². The molecule has 2 heterocycles. The number of hydrogen-bond donors (Lipinski definition) is 1. The molecule has 3 aromatic carbocycles. The fourth-order valence-corrected chi connectivity index (χ4v) is 5.11. The van der Waals surface area contributed by atoms with Gasteiger partial charge in [0.15, 0.2) is 4.80 Å². The Morgan fingerprint density at radius 3 is 2.26 bits per heavy atom. The van der Waals surface area contributed by atoms with Crippen LogP contribution in [0.15, 0.2) is 118 Å². The number of amides is 1. The van der Waals surface area contributed by atoms with Crippen LogP contribution in [-0.2, 0) is 4.79 Å². The number of carbonyl (C=O) groups excluding carboxylic acids is 1. The lowest BCUT2D eigenvalue weighted by Crippen LogP contribution is -2.40. The van der Waals surface area contributed by atoms with E-state index in [1.165, 1.54) is 11.3 Å². The number of thiazole rings is 1. The molecule has 1 N–H and O–H groups in total. The number of para-hydroxylation sites is 1. The molecular formula is C29H23N3O2S. The highest BCUT2D eigenvalue weighted by Gasteiger charge is 2.32. The molecule has 0 fully saturated rings. The first-order chi connectivity index (χ1) is 17.1. The molecule has 0 radical (unpaired) electrons. The van der Waals surface area contributed by atoms with Crippen LogP contribution in [-0.4, -0.2) is 10.5 Å².